The quantitative estimate of drug-likeness (QED) is 0.756. The molecule has 1 atom stereocenters. The van der Waals surface area contributed by atoms with E-state index in [0.717, 1.165) is 11.1 Å². The van der Waals surface area contributed by atoms with Crippen LogP contribution in [0, 0.1) is 0 Å². The highest BCUT2D eigenvalue weighted by atomic mass is 35.5. The highest BCUT2D eigenvalue weighted by Crippen LogP contribution is 2.28. The van der Waals surface area contributed by atoms with Crippen LogP contribution in [0.15, 0.2) is 60.1 Å². The molecule has 3 rings (SSSR count). The van der Waals surface area contributed by atoms with Gasteiger partial charge >= 0.3 is 6.03 Å². The van der Waals surface area contributed by atoms with Gasteiger partial charge in [-0.05, 0) is 42.7 Å². The Morgan fingerprint density at radius 1 is 1.31 bits per heavy atom. The monoisotopic (exact) mass is 370 g/mol. The van der Waals surface area contributed by atoms with Crippen molar-refractivity contribution < 1.29 is 9.59 Å². The summed E-state index contributed by atoms with van der Waals surface area (Å²) in [6.45, 7) is 2.18. The molecule has 3 amide bonds. The normalized spacial score (nSPS) is 16.7. The molecule has 2 heterocycles. The third-order valence-electron chi connectivity index (χ3n) is 4.12. The molecule has 1 aliphatic heterocycles. The van der Waals surface area contributed by atoms with Crippen molar-refractivity contribution in [2.24, 2.45) is 0 Å². The highest BCUT2D eigenvalue weighted by molar-refractivity contribution is 6.30. The number of aromatic nitrogens is 1. The summed E-state index contributed by atoms with van der Waals surface area (Å²) in [6, 6.07) is 10.0. The van der Waals surface area contributed by atoms with E-state index in [4.69, 9.17) is 11.6 Å². The van der Waals surface area contributed by atoms with E-state index in [1.54, 1.807) is 37.5 Å². The van der Waals surface area contributed by atoms with Gasteiger partial charge in [0.25, 0.3) is 5.91 Å². The van der Waals surface area contributed by atoms with Crippen LogP contribution in [0.3, 0.4) is 0 Å². The Bertz CT molecular complexity index is 852. The lowest BCUT2D eigenvalue weighted by Crippen LogP contribution is -2.47. The number of amides is 3. The van der Waals surface area contributed by atoms with Crippen LogP contribution in [0.2, 0.25) is 5.02 Å². The van der Waals surface area contributed by atoms with Crippen molar-refractivity contribution in [3.63, 3.8) is 0 Å². The first kappa shape index (κ1) is 17.9. The Labute approximate surface area is 156 Å². The SMILES string of the molecule is CC1=C(C(=O)NCCc2cccnc2)C(c2cccc(Cl)c2)NC(=O)N1. The summed E-state index contributed by atoms with van der Waals surface area (Å²) in [7, 11) is 0. The zero-order valence-electron chi connectivity index (χ0n) is 14.3. The fourth-order valence-corrected chi connectivity index (χ4v) is 3.09. The van der Waals surface area contributed by atoms with Gasteiger partial charge in [0.05, 0.1) is 11.6 Å². The van der Waals surface area contributed by atoms with Gasteiger partial charge < -0.3 is 16.0 Å². The zero-order chi connectivity index (χ0) is 18.5. The lowest BCUT2D eigenvalue weighted by molar-refractivity contribution is -0.117. The van der Waals surface area contributed by atoms with Gasteiger partial charge in [-0.25, -0.2) is 4.79 Å². The van der Waals surface area contributed by atoms with Crippen molar-refractivity contribution in [1.29, 1.82) is 0 Å². The van der Waals surface area contributed by atoms with Crippen molar-refractivity contribution in [2.45, 2.75) is 19.4 Å². The van der Waals surface area contributed by atoms with Gasteiger partial charge in [0.15, 0.2) is 0 Å². The molecule has 2 aromatic rings. The lowest BCUT2D eigenvalue weighted by Gasteiger charge is -2.28. The fraction of sp³-hybridized carbons (Fsp3) is 0.211. The Hall–Kier alpha value is -2.86. The second kappa shape index (κ2) is 8.01. The molecule has 134 valence electrons. The van der Waals surface area contributed by atoms with Crippen LogP contribution >= 0.6 is 11.6 Å². The van der Waals surface area contributed by atoms with Crippen LogP contribution in [0.5, 0.6) is 0 Å². The van der Waals surface area contributed by atoms with Gasteiger partial charge in [-0.2, -0.15) is 0 Å². The summed E-state index contributed by atoms with van der Waals surface area (Å²) in [5, 5.41) is 8.91. The Kier molecular flexibility index (Phi) is 5.53. The molecule has 0 aliphatic carbocycles. The molecule has 0 bridgehead atoms. The molecule has 1 aliphatic rings. The number of nitrogens with one attached hydrogen (secondary N) is 3. The van der Waals surface area contributed by atoms with Gasteiger partial charge in [0.2, 0.25) is 0 Å². The van der Waals surface area contributed by atoms with Gasteiger partial charge in [-0.3, -0.25) is 9.78 Å². The lowest BCUT2D eigenvalue weighted by atomic mass is 9.95. The van der Waals surface area contributed by atoms with Crippen LogP contribution in [-0.4, -0.2) is 23.5 Å². The Morgan fingerprint density at radius 2 is 2.15 bits per heavy atom. The molecule has 0 spiro atoms. The maximum absolute atomic E-state index is 12.8. The molecule has 1 unspecified atom stereocenters. The topological polar surface area (TPSA) is 83.1 Å². The number of nitrogens with zero attached hydrogens (tertiary/aromatic N) is 1. The van der Waals surface area contributed by atoms with Crippen molar-refractivity contribution in [3.8, 4) is 0 Å². The second-order valence-corrected chi connectivity index (χ2v) is 6.43. The largest absolute Gasteiger partial charge is 0.352 e. The third-order valence-corrected chi connectivity index (χ3v) is 4.35. The number of halogens is 1. The minimum Gasteiger partial charge on any atom is -0.352 e. The van der Waals surface area contributed by atoms with Crippen molar-refractivity contribution >= 4 is 23.5 Å². The predicted octanol–water partition coefficient (Wildman–Crippen LogP) is 2.72. The molecule has 0 radical (unpaired) electrons. The molecule has 1 aromatic carbocycles. The molecule has 1 aromatic heterocycles. The minimum atomic E-state index is -0.555. The van der Waals surface area contributed by atoms with Crippen molar-refractivity contribution in [3.05, 3.63) is 76.2 Å². The highest BCUT2D eigenvalue weighted by Gasteiger charge is 2.31. The fourth-order valence-electron chi connectivity index (χ4n) is 2.89. The summed E-state index contributed by atoms with van der Waals surface area (Å²) < 4.78 is 0. The van der Waals surface area contributed by atoms with Crippen LogP contribution in [-0.2, 0) is 11.2 Å². The second-order valence-electron chi connectivity index (χ2n) is 5.99. The standard InChI is InChI=1S/C19H19ClN4O2/c1-12-16(18(25)22-9-7-13-4-3-8-21-11-13)17(24-19(26)23-12)14-5-2-6-15(20)10-14/h2-6,8,10-11,17H,7,9H2,1H3,(H,22,25)(H2,23,24,26). The molecule has 7 heteroatoms. The molecular formula is C19H19ClN4O2. The zero-order valence-corrected chi connectivity index (χ0v) is 15.0. The number of carbonyl (C=O) groups excluding carboxylic acids is 2. The predicted molar refractivity (Wildman–Crippen MR) is 99.5 cm³/mol. The number of urea groups is 1. The number of rotatable bonds is 5. The summed E-state index contributed by atoms with van der Waals surface area (Å²) in [5.41, 5.74) is 2.79. The van der Waals surface area contributed by atoms with Gasteiger partial charge in [-0.1, -0.05) is 29.8 Å². The molecule has 0 saturated carbocycles. The van der Waals surface area contributed by atoms with Crippen molar-refractivity contribution in [2.75, 3.05) is 6.54 Å². The molecule has 6 nitrogen and oxygen atoms in total. The summed E-state index contributed by atoms with van der Waals surface area (Å²) in [4.78, 5) is 28.7. The van der Waals surface area contributed by atoms with Crippen LogP contribution in [0.1, 0.15) is 24.1 Å². The van der Waals surface area contributed by atoms with E-state index in [2.05, 4.69) is 20.9 Å². The van der Waals surface area contributed by atoms with E-state index >= 15 is 0 Å². The number of hydrogen-bond acceptors (Lipinski definition) is 3. The van der Waals surface area contributed by atoms with E-state index in [0.29, 0.717) is 29.3 Å². The molecule has 3 N–H and O–H groups in total. The van der Waals surface area contributed by atoms with Gasteiger partial charge in [-0.15, -0.1) is 0 Å². The maximum atomic E-state index is 12.8. The van der Waals surface area contributed by atoms with E-state index in [1.165, 1.54) is 0 Å². The van der Waals surface area contributed by atoms with E-state index < -0.39 is 6.04 Å². The van der Waals surface area contributed by atoms with Crippen LogP contribution in [0.4, 0.5) is 4.79 Å². The Morgan fingerprint density at radius 3 is 2.88 bits per heavy atom. The van der Waals surface area contributed by atoms with Crippen LogP contribution < -0.4 is 16.0 Å². The summed E-state index contributed by atoms with van der Waals surface area (Å²) >= 11 is 6.06. The van der Waals surface area contributed by atoms with E-state index in [9.17, 15) is 9.59 Å². The first-order chi connectivity index (χ1) is 12.5. The number of hydrogen-bond donors (Lipinski definition) is 3. The number of benzene rings is 1. The van der Waals surface area contributed by atoms with Crippen molar-refractivity contribution in [1.82, 2.24) is 20.9 Å². The third kappa shape index (κ3) is 4.21. The first-order valence-corrected chi connectivity index (χ1v) is 8.63. The Balaban J connectivity index is 1.76. The van der Waals surface area contributed by atoms with Crippen LogP contribution in [0.25, 0.3) is 0 Å². The van der Waals surface area contributed by atoms with Gasteiger partial charge in [0, 0.05) is 29.7 Å². The minimum absolute atomic E-state index is 0.233. The molecule has 0 saturated heterocycles. The summed E-state index contributed by atoms with van der Waals surface area (Å²) in [6.07, 6.45) is 4.16. The number of carbonyl (C=O) groups is 2. The van der Waals surface area contributed by atoms with E-state index in [-0.39, 0.29) is 11.9 Å². The van der Waals surface area contributed by atoms with Gasteiger partial charge in [0.1, 0.15) is 0 Å². The maximum Gasteiger partial charge on any atom is 0.319 e. The average molecular weight is 371 g/mol. The van der Waals surface area contributed by atoms with E-state index in [1.807, 2.05) is 18.2 Å². The smallest absolute Gasteiger partial charge is 0.319 e. The molecule has 0 fully saturated rings. The average Bonchev–Trinajstić information content (AvgIpc) is 2.62. The molecule has 26 heavy (non-hydrogen) atoms. The summed E-state index contributed by atoms with van der Waals surface area (Å²) in [5.74, 6) is -0.233. The first-order valence-electron chi connectivity index (χ1n) is 8.25. The number of allylic oxidation sites excluding steroid dienone is 1. The number of pyridine rings is 1. The molecular weight excluding hydrogens is 352 g/mol.